The summed E-state index contributed by atoms with van der Waals surface area (Å²) in [7, 11) is 0. The Labute approximate surface area is 180 Å². The minimum absolute atomic E-state index is 0.00245. The van der Waals surface area contributed by atoms with Gasteiger partial charge in [-0.3, -0.25) is 0 Å². The van der Waals surface area contributed by atoms with Crippen LogP contribution in [-0.4, -0.2) is 36.1 Å². The van der Waals surface area contributed by atoms with Crippen molar-refractivity contribution in [3.05, 3.63) is 56.7 Å². The predicted octanol–water partition coefficient (Wildman–Crippen LogP) is 5.35. The van der Waals surface area contributed by atoms with Gasteiger partial charge in [0, 0.05) is 39.8 Å². The number of nitrogens with one attached hydrogen (secondary N) is 1. The number of nitrogens with zero attached hydrogens (tertiary/aromatic N) is 3. The van der Waals surface area contributed by atoms with Gasteiger partial charge in [-0.15, -0.1) is 0 Å². The third-order valence-corrected chi connectivity index (χ3v) is 5.97. The molecule has 2 unspecified atom stereocenters. The molecule has 146 valence electrons. The fraction of sp³-hybridized carbons (Fsp3) is 0.300. The molecule has 2 amide bonds. The molecular formula is C20H19Br2FN4O. The van der Waals surface area contributed by atoms with Crippen LogP contribution in [0.2, 0.25) is 0 Å². The molecule has 0 aromatic heterocycles. The van der Waals surface area contributed by atoms with E-state index in [0.29, 0.717) is 24.5 Å². The van der Waals surface area contributed by atoms with E-state index in [9.17, 15) is 9.18 Å². The van der Waals surface area contributed by atoms with E-state index in [1.807, 2.05) is 38.1 Å². The second kappa shape index (κ2) is 8.50. The van der Waals surface area contributed by atoms with E-state index < -0.39 is 5.82 Å². The monoisotopic (exact) mass is 508 g/mol. The molecule has 1 N–H and O–H groups in total. The van der Waals surface area contributed by atoms with Crippen molar-refractivity contribution in [2.75, 3.05) is 23.3 Å². The van der Waals surface area contributed by atoms with Crippen LogP contribution in [-0.2, 0) is 0 Å². The fourth-order valence-electron chi connectivity index (χ4n) is 3.32. The first-order valence-electron chi connectivity index (χ1n) is 8.79. The summed E-state index contributed by atoms with van der Waals surface area (Å²) in [4.78, 5) is 16.7. The molecule has 3 rings (SSSR count). The van der Waals surface area contributed by atoms with Crippen molar-refractivity contribution in [2.24, 2.45) is 0 Å². The largest absolute Gasteiger partial charge is 0.365 e. The molecule has 1 saturated heterocycles. The van der Waals surface area contributed by atoms with Gasteiger partial charge in [-0.1, -0.05) is 15.9 Å². The number of rotatable bonds is 2. The Morgan fingerprint density at radius 1 is 1.18 bits per heavy atom. The van der Waals surface area contributed by atoms with E-state index in [0.717, 1.165) is 8.95 Å². The number of anilines is 2. The first-order chi connectivity index (χ1) is 13.3. The van der Waals surface area contributed by atoms with Crippen molar-refractivity contribution in [3.8, 4) is 6.07 Å². The minimum Gasteiger partial charge on any atom is -0.365 e. The van der Waals surface area contributed by atoms with Crippen LogP contribution in [0, 0.1) is 17.1 Å². The molecule has 1 fully saturated rings. The van der Waals surface area contributed by atoms with Crippen LogP contribution in [0.15, 0.2) is 45.3 Å². The minimum atomic E-state index is -0.528. The van der Waals surface area contributed by atoms with E-state index in [2.05, 4.69) is 42.1 Å². The Kier molecular flexibility index (Phi) is 6.26. The van der Waals surface area contributed by atoms with Crippen LogP contribution in [0.3, 0.4) is 0 Å². The van der Waals surface area contributed by atoms with Gasteiger partial charge in [0.05, 0.1) is 11.3 Å². The smallest absolute Gasteiger partial charge is 0.322 e. The number of halogens is 3. The highest BCUT2D eigenvalue weighted by atomic mass is 79.9. The Bertz CT molecular complexity index is 946. The van der Waals surface area contributed by atoms with Gasteiger partial charge in [0.25, 0.3) is 0 Å². The van der Waals surface area contributed by atoms with E-state index >= 15 is 0 Å². The lowest BCUT2D eigenvalue weighted by Gasteiger charge is -2.45. The zero-order valence-electron chi connectivity index (χ0n) is 15.4. The highest BCUT2D eigenvalue weighted by molar-refractivity contribution is 9.11. The van der Waals surface area contributed by atoms with E-state index in [-0.39, 0.29) is 23.7 Å². The molecule has 0 bridgehead atoms. The molecule has 28 heavy (non-hydrogen) atoms. The van der Waals surface area contributed by atoms with Crippen molar-refractivity contribution in [1.29, 1.82) is 5.26 Å². The van der Waals surface area contributed by atoms with Gasteiger partial charge >= 0.3 is 6.03 Å². The van der Waals surface area contributed by atoms with Gasteiger partial charge in [-0.05, 0) is 66.2 Å². The van der Waals surface area contributed by atoms with Crippen molar-refractivity contribution in [2.45, 2.75) is 25.9 Å². The summed E-state index contributed by atoms with van der Waals surface area (Å²) in [5.74, 6) is -0.528. The third kappa shape index (κ3) is 4.31. The van der Waals surface area contributed by atoms with Crippen LogP contribution in [0.5, 0.6) is 0 Å². The van der Waals surface area contributed by atoms with Crippen LogP contribution in [0.1, 0.15) is 19.4 Å². The SMILES string of the molecule is CC1CN(c2ccc(C#N)c(F)c2)C(C)CN1C(=O)Nc1ccc(Br)cc1Br. The Hall–Kier alpha value is -2.11. The summed E-state index contributed by atoms with van der Waals surface area (Å²) in [5, 5.41) is 11.8. The molecule has 0 saturated carbocycles. The van der Waals surface area contributed by atoms with Gasteiger partial charge in [0.1, 0.15) is 11.9 Å². The molecule has 1 aliphatic rings. The van der Waals surface area contributed by atoms with Crippen molar-refractivity contribution >= 4 is 49.3 Å². The first kappa shape index (κ1) is 20.6. The molecule has 1 heterocycles. The topological polar surface area (TPSA) is 59.4 Å². The maximum absolute atomic E-state index is 14.0. The maximum atomic E-state index is 14.0. The Morgan fingerprint density at radius 2 is 1.93 bits per heavy atom. The summed E-state index contributed by atoms with van der Waals surface area (Å²) < 4.78 is 15.7. The van der Waals surface area contributed by atoms with Crippen LogP contribution < -0.4 is 10.2 Å². The lowest BCUT2D eigenvalue weighted by atomic mass is 10.1. The molecule has 5 nitrogen and oxygen atoms in total. The molecule has 0 aliphatic carbocycles. The fourth-order valence-corrected chi connectivity index (χ4v) is 4.47. The first-order valence-corrected chi connectivity index (χ1v) is 10.4. The van der Waals surface area contributed by atoms with Gasteiger partial charge in [-0.2, -0.15) is 5.26 Å². The molecular weight excluding hydrogens is 491 g/mol. The van der Waals surface area contributed by atoms with Gasteiger partial charge < -0.3 is 15.1 Å². The van der Waals surface area contributed by atoms with Gasteiger partial charge in [0.2, 0.25) is 0 Å². The highest BCUT2D eigenvalue weighted by Crippen LogP contribution is 2.28. The standard InChI is InChI=1S/C20H19Br2FN4O/c1-12-11-27(20(28)25-19-6-4-15(21)7-17(19)22)13(2)10-26(12)16-5-3-14(9-24)18(23)8-16/h3-8,12-13H,10-11H2,1-2H3,(H,25,28). The summed E-state index contributed by atoms with van der Waals surface area (Å²) >= 11 is 6.85. The molecule has 2 aromatic carbocycles. The molecule has 0 radical (unpaired) electrons. The summed E-state index contributed by atoms with van der Waals surface area (Å²) in [6.07, 6.45) is 0. The van der Waals surface area contributed by atoms with Crippen molar-refractivity contribution in [1.82, 2.24) is 4.90 Å². The Morgan fingerprint density at radius 3 is 2.57 bits per heavy atom. The second-order valence-electron chi connectivity index (χ2n) is 6.83. The van der Waals surface area contributed by atoms with Crippen LogP contribution >= 0.6 is 31.9 Å². The summed E-state index contributed by atoms with van der Waals surface area (Å²) in [5.41, 5.74) is 1.44. The van der Waals surface area contributed by atoms with E-state index in [1.165, 1.54) is 12.1 Å². The lowest BCUT2D eigenvalue weighted by Crippen LogP contribution is -2.59. The number of hydrogen-bond donors (Lipinski definition) is 1. The van der Waals surface area contributed by atoms with Crippen molar-refractivity contribution < 1.29 is 9.18 Å². The maximum Gasteiger partial charge on any atom is 0.322 e. The van der Waals surface area contributed by atoms with Gasteiger partial charge in [0.15, 0.2) is 0 Å². The molecule has 0 spiro atoms. The summed E-state index contributed by atoms with van der Waals surface area (Å²) in [6.45, 7) is 5.04. The average molecular weight is 510 g/mol. The normalized spacial score (nSPS) is 19.3. The number of nitriles is 1. The van der Waals surface area contributed by atoms with Crippen LogP contribution in [0.25, 0.3) is 0 Å². The molecule has 1 aliphatic heterocycles. The van der Waals surface area contributed by atoms with E-state index in [1.54, 1.807) is 11.0 Å². The zero-order chi connectivity index (χ0) is 20.4. The van der Waals surface area contributed by atoms with E-state index in [4.69, 9.17) is 5.26 Å². The number of carbonyl (C=O) groups excluding carboxylic acids is 1. The molecule has 2 aromatic rings. The number of piperazine rings is 1. The average Bonchev–Trinajstić information content (AvgIpc) is 2.65. The highest BCUT2D eigenvalue weighted by Gasteiger charge is 2.32. The van der Waals surface area contributed by atoms with Crippen LogP contribution in [0.4, 0.5) is 20.6 Å². The second-order valence-corrected chi connectivity index (χ2v) is 8.60. The van der Waals surface area contributed by atoms with Crippen molar-refractivity contribution in [3.63, 3.8) is 0 Å². The number of urea groups is 1. The number of benzene rings is 2. The lowest BCUT2D eigenvalue weighted by molar-refractivity contribution is 0.173. The Balaban J connectivity index is 1.73. The number of hydrogen-bond acceptors (Lipinski definition) is 3. The van der Waals surface area contributed by atoms with Gasteiger partial charge in [-0.25, -0.2) is 9.18 Å². The third-order valence-electron chi connectivity index (χ3n) is 4.82. The molecule has 2 atom stereocenters. The summed E-state index contributed by atoms with van der Waals surface area (Å²) in [6, 6.07) is 11.8. The number of carbonyl (C=O) groups is 1. The predicted molar refractivity (Wildman–Crippen MR) is 115 cm³/mol. The quantitative estimate of drug-likeness (QED) is 0.593. The molecule has 8 heteroatoms. The zero-order valence-corrected chi connectivity index (χ0v) is 18.6. The number of amides is 2.